The SMILES string of the molecule is c1ccc(-c2ccc(N3c4ccc(-c5ccccc5)cc4B4c5cc6c7cccc8c9ccccc9n(c6cc5N(c5ccc(-c6ccccc6)cc5)c5cccc3c54)c87)cc2)cc1. The second-order valence-electron chi connectivity index (χ2n) is 17.3. The van der Waals surface area contributed by atoms with Crippen molar-refractivity contribution in [3.05, 3.63) is 231 Å². The molecule has 0 saturated carbocycles. The quantitative estimate of drug-likeness (QED) is 0.160. The smallest absolute Gasteiger partial charge is 0.252 e. The van der Waals surface area contributed by atoms with Crippen LogP contribution in [0.25, 0.3) is 71.5 Å². The molecule has 0 radical (unpaired) electrons. The molecule has 0 aliphatic carbocycles. The van der Waals surface area contributed by atoms with Crippen LogP contribution in [0.5, 0.6) is 0 Å². The molecule has 0 fully saturated rings. The minimum absolute atomic E-state index is 0.0271. The van der Waals surface area contributed by atoms with Crippen LogP contribution >= 0.6 is 0 Å². The fourth-order valence-corrected chi connectivity index (χ4v) is 11.1. The molecular formula is C60H38BN3. The van der Waals surface area contributed by atoms with Crippen molar-refractivity contribution >= 4 is 95.3 Å². The molecule has 2 aliphatic heterocycles. The lowest BCUT2D eigenvalue weighted by Crippen LogP contribution is -2.61. The highest BCUT2D eigenvalue weighted by molar-refractivity contribution is 7.00. The van der Waals surface area contributed by atoms with Gasteiger partial charge < -0.3 is 14.2 Å². The Hall–Kier alpha value is -8.34. The molecule has 4 heterocycles. The summed E-state index contributed by atoms with van der Waals surface area (Å²) in [4.78, 5) is 5.04. The summed E-state index contributed by atoms with van der Waals surface area (Å²) in [7, 11) is 0. The van der Waals surface area contributed by atoms with Crippen molar-refractivity contribution in [2.45, 2.75) is 0 Å². The summed E-state index contributed by atoms with van der Waals surface area (Å²) in [6.45, 7) is -0.0271. The molecule has 64 heavy (non-hydrogen) atoms. The van der Waals surface area contributed by atoms with Crippen LogP contribution in [-0.2, 0) is 0 Å². The van der Waals surface area contributed by atoms with E-state index >= 15 is 0 Å². The zero-order chi connectivity index (χ0) is 41.9. The van der Waals surface area contributed by atoms with Gasteiger partial charge >= 0.3 is 0 Å². The normalized spacial score (nSPS) is 12.9. The number of anilines is 6. The van der Waals surface area contributed by atoms with Crippen molar-refractivity contribution in [3.8, 4) is 33.4 Å². The zero-order valence-electron chi connectivity index (χ0n) is 34.9. The number of para-hydroxylation sites is 2. The van der Waals surface area contributed by atoms with Crippen LogP contribution in [0.2, 0.25) is 0 Å². The van der Waals surface area contributed by atoms with Gasteiger partial charge in [0.15, 0.2) is 0 Å². The van der Waals surface area contributed by atoms with Crippen LogP contribution in [0, 0.1) is 0 Å². The molecule has 296 valence electrons. The summed E-state index contributed by atoms with van der Waals surface area (Å²) < 4.78 is 2.52. The monoisotopic (exact) mass is 811 g/mol. The summed E-state index contributed by atoms with van der Waals surface area (Å²) in [5.41, 5.74) is 22.0. The lowest BCUT2D eigenvalue weighted by molar-refractivity contribution is 1.25. The van der Waals surface area contributed by atoms with E-state index in [1.807, 2.05) is 0 Å². The number of hydrogen-bond donors (Lipinski definition) is 0. The van der Waals surface area contributed by atoms with E-state index in [2.05, 4.69) is 245 Å². The van der Waals surface area contributed by atoms with E-state index < -0.39 is 0 Å². The lowest BCUT2D eigenvalue weighted by atomic mass is 9.33. The van der Waals surface area contributed by atoms with Crippen molar-refractivity contribution in [1.29, 1.82) is 0 Å². The second-order valence-corrected chi connectivity index (χ2v) is 17.3. The van der Waals surface area contributed by atoms with Gasteiger partial charge in [0, 0.05) is 55.7 Å². The topological polar surface area (TPSA) is 10.9 Å². The van der Waals surface area contributed by atoms with Gasteiger partial charge in [-0.3, -0.25) is 0 Å². The molecule has 0 bridgehead atoms. The molecule has 2 aromatic heterocycles. The van der Waals surface area contributed by atoms with E-state index in [0.717, 1.165) is 11.4 Å². The van der Waals surface area contributed by atoms with Gasteiger partial charge in [0.25, 0.3) is 6.71 Å². The van der Waals surface area contributed by atoms with Crippen LogP contribution < -0.4 is 26.2 Å². The van der Waals surface area contributed by atoms with E-state index in [0.29, 0.717) is 0 Å². The van der Waals surface area contributed by atoms with Crippen LogP contribution in [0.4, 0.5) is 34.1 Å². The van der Waals surface area contributed by atoms with Gasteiger partial charge in [-0.05, 0) is 104 Å². The fraction of sp³-hybridized carbons (Fsp3) is 0. The van der Waals surface area contributed by atoms with Crippen LogP contribution in [-0.4, -0.2) is 11.1 Å². The predicted molar refractivity (Wildman–Crippen MR) is 271 cm³/mol. The highest BCUT2D eigenvalue weighted by Gasteiger charge is 2.44. The van der Waals surface area contributed by atoms with Crippen LogP contribution in [0.3, 0.4) is 0 Å². The van der Waals surface area contributed by atoms with E-state index in [1.165, 1.54) is 111 Å². The van der Waals surface area contributed by atoms with Crippen molar-refractivity contribution in [1.82, 2.24) is 4.40 Å². The first-order valence-electron chi connectivity index (χ1n) is 22.2. The molecule has 0 N–H and O–H groups in total. The van der Waals surface area contributed by atoms with E-state index in [1.54, 1.807) is 0 Å². The third-order valence-electron chi connectivity index (χ3n) is 13.9. The Morgan fingerprint density at radius 3 is 1.38 bits per heavy atom. The lowest BCUT2D eigenvalue weighted by Gasteiger charge is -2.44. The van der Waals surface area contributed by atoms with Crippen LogP contribution in [0.1, 0.15) is 0 Å². The van der Waals surface area contributed by atoms with Crippen molar-refractivity contribution in [2.24, 2.45) is 0 Å². The second kappa shape index (κ2) is 13.6. The first-order chi connectivity index (χ1) is 31.8. The summed E-state index contributed by atoms with van der Waals surface area (Å²) in [5, 5.41) is 5.16. The fourth-order valence-electron chi connectivity index (χ4n) is 11.1. The average molecular weight is 812 g/mol. The highest BCUT2D eigenvalue weighted by atomic mass is 15.2. The standard InChI is InChI=1S/C60H38BN3/c1-4-14-39(15-5-1)42-26-31-45(32-27-42)62-54-35-30-44(41-18-8-3-9-19-41)36-51(54)61-52-37-50-49-22-12-21-48-47-20-10-11-23-53(47)64(60(48)49)57(50)38-58(52)63(56-25-13-24-55(62)59(56)61)46-33-28-43(29-34-46)40-16-6-2-7-17-40/h1-38H. The number of nitrogens with zero attached hydrogens (tertiary/aromatic N) is 3. The number of benzene rings is 10. The van der Waals surface area contributed by atoms with Gasteiger partial charge in [-0.1, -0.05) is 176 Å². The molecule has 0 saturated heterocycles. The minimum atomic E-state index is -0.0271. The van der Waals surface area contributed by atoms with Gasteiger partial charge in [-0.15, -0.1) is 0 Å². The molecule has 2 aliphatic rings. The molecule has 10 aromatic carbocycles. The Morgan fingerprint density at radius 1 is 0.281 bits per heavy atom. The molecule has 0 spiro atoms. The maximum absolute atomic E-state index is 2.54. The first-order valence-corrected chi connectivity index (χ1v) is 22.2. The molecule has 14 rings (SSSR count). The maximum Gasteiger partial charge on any atom is 0.252 e. The highest BCUT2D eigenvalue weighted by Crippen LogP contribution is 2.47. The molecule has 12 aromatic rings. The van der Waals surface area contributed by atoms with Gasteiger partial charge in [-0.2, -0.15) is 0 Å². The third kappa shape index (κ3) is 5.05. The van der Waals surface area contributed by atoms with Crippen molar-refractivity contribution < 1.29 is 0 Å². The number of rotatable bonds is 5. The Labute approximate surface area is 371 Å². The molecular weight excluding hydrogens is 773 g/mol. The summed E-state index contributed by atoms with van der Waals surface area (Å²) in [6.07, 6.45) is 0. The zero-order valence-corrected chi connectivity index (χ0v) is 34.9. The van der Waals surface area contributed by atoms with Crippen LogP contribution in [0.15, 0.2) is 231 Å². The molecule has 0 unspecified atom stereocenters. The largest absolute Gasteiger partial charge is 0.311 e. The molecule has 4 heteroatoms. The summed E-state index contributed by atoms with van der Waals surface area (Å²) >= 11 is 0. The number of fused-ring (bicyclic) bond motifs is 10. The Kier molecular flexibility index (Phi) is 7.49. The van der Waals surface area contributed by atoms with Crippen molar-refractivity contribution in [3.63, 3.8) is 0 Å². The van der Waals surface area contributed by atoms with E-state index in [-0.39, 0.29) is 6.71 Å². The van der Waals surface area contributed by atoms with Gasteiger partial charge in [0.05, 0.1) is 16.6 Å². The van der Waals surface area contributed by atoms with Crippen molar-refractivity contribution in [2.75, 3.05) is 9.80 Å². The van der Waals surface area contributed by atoms with E-state index in [4.69, 9.17) is 0 Å². The maximum atomic E-state index is 2.54. The third-order valence-corrected chi connectivity index (χ3v) is 13.9. The predicted octanol–water partition coefficient (Wildman–Crippen LogP) is 13.9. The number of hydrogen-bond acceptors (Lipinski definition) is 2. The first kappa shape index (κ1) is 35.3. The van der Waals surface area contributed by atoms with Gasteiger partial charge in [-0.25, -0.2) is 0 Å². The number of aromatic nitrogens is 1. The summed E-state index contributed by atoms with van der Waals surface area (Å²) in [6, 6.07) is 85.3. The van der Waals surface area contributed by atoms with E-state index in [9.17, 15) is 0 Å². The molecule has 0 atom stereocenters. The Morgan fingerprint density at radius 2 is 0.750 bits per heavy atom. The Balaban J connectivity index is 1.06. The van der Waals surface area contributed by atoms with Gasteiger partial charge in [0.2, 0.25) is 0 Å². The molecule has 3 nitrogen and oxygen atoms in total. The summed E-state index contributed by atoms with van der Waals surface area (Å²) in [5.74, 6) is 0. The Bertz CT molecular complexity index is 3770. The van der Waals surface area contributed by atoms with Gasteiger partial charge in [0.1, 0.15) is 0 Å². The average Bonchev–Trinajstić information content (AvgIpc) is 3.89. The minimum Gasteiger partial charge on any atom is -0.311 e. The molecule has 0 amide bonds.